The summed E-state index contributed by atoms with van der Waals surface area (Å²) in [5.74, 6) is -0.854. The number of aromatic amines is 1. The van der Waals surface area contributed by atoms with Gasteiger partial charge in [-0.05, 0) is 60.4 Å². The summed E-state index contributed by atoms with van der Waals surface area (Å²) in [4.78, 5) is 27.1. The zero-order chi connectivity index (χ0) is 20.1. The Hall–Kier alpha value is -2.48. The quantitative estimate of drug-likeness (QED) is 0.792. The third-order valence-electron chi connectivity index (χ3n) is 5.45. The first-order valence-electron chi connectivity index (χ1n) is 8.79. The van der Waals surface area contributed by atoms with E-state index in [-0.39, 0.29) is 34.2 Å². The third kappa shape index (κ3) is 3.61. The van der Waals surface area contributed by atoms with Gasteiger partial charge in [0.05, 0.1) is 5.02 Å². The number of carbonyl (C=O) groups excluding carboxylic acids is 1. The molecule has 148 valence electrons. The largest absolute Gasteiger partial charge is 0.573 e. The van der Waals surface area contributed by atoms with E-state index in [1.807, 2.05) is 0 Å². The fourth-order valence-corrected chi connectivity index (χ4v) is 4.62. The van der Waals surface area contributed by atoms with Crippen molar-refractivity contribution < 1.29 is 22.7 Å². The molecule has 4 rings (SSSR count). The molecule has 1 aromatic heterocycles. The lowest BCUT2D eigenvalue weighted by Gasteiger charge is -2.31. The number of hydrogen-bond acceptors (Lipinski definition) is 3. The summed E-state index contributed by atoms with van der Waals surface area (Å²) >= 11 is 5.85. The van der Waals surface area contributed by atoms with Crippen molar-refractivity contribution in [3.05, 3.63) is 57.0 Å². The fraction of sp³-hybridized carbons (Fsp3) is 0.368. The van der Waals surface area contributed by atoms with Gasteiger partial charge in [-0.3, -0.25) is 9.59 Å². The van der Waals surface area contributed by atoms with E-state index >= 15 is 0 Å². The number of carbonyl (C=O) groups is 1. The lowest BCUT2D eigenvalue weighted by atomic mass is 9.75. The summed E-state index contributed by atoms with van der Waals surface area (Å²) in [7, 11) is 0. The number of hydrogen-bond donors (Lipinski definition) is 2. The van der Waals surface area contributed by atoms with E-state index in [9.17, 15) is 22.8 Å². The molecule has 28 heavy (non-hydrogen) atoms. The van der Waals surface area contributed by atoms with Crippen molar-refractivity contribution in [3.63, 3.8) is 0 Å². The fourth-order valence-electron chi connectivity index (χ4n) is 4.40. The number of ether oxygens (including phenoxy) is 1. The Bertz CT molecular complexity index is 989. The Labute approximate surface area is 162 Å². The van der Waals surface area contributed by atoms with Crippen LogP contribution in [0.4, 0.5) is 18.9 Å². The number of benzene rings is 1. The van der Waals surface area contributed by atoms with Crippen LogP contribution in [-0.4, -0.2) is 17.3 Å². The van der Waals surface area contributed by atoms with Crippen LogP contribution in [0.2, 0.25) is 5.02 Å². The Morgan fingerprint density at radius 2 is 2.04 bits per heavy atom. The van der Waals surface area contributed by atoms with Gasteiger partial charge in [0.1, 0.15) is 5.75 Å². The summed E-state index contributed by atoms with van der Waals surface area (Å²) in [5, 5.41) is 2.51. The lowest BCUT2D eigenvalue weighted by molar-refractivity contribution is -0.274. The van der Waals surface area contributed by atoms with E-state index in [4.69, 9.17) is 11.6 Å². The number of fused-ring (bicyclic) bond motifs is 4. The zero-order valence-electron chi connectivity index (χ0n) is 14.5. The maximum atomic E-state index is 12.9. The van der Waals surface area contributed by atoms with E-state index in [0.717, 1.165) is 30.0 Å². The van der Waals surface area contributed by atoms with Crippen LogP contribution in [0.5, 0.6) is 5.75 Å². The highest BCUT2D eigenvalue weighted by molar-refractivity contribution is 6.32. The smallest absolute Gasteiger partial charge is 0.404 e. The van der Waals surface area contributed by atoms with E-state index < -0.39 is 12.1 Å². The van der Waals surface area contributed by atoms with E-state index in [1.165, 1.54) is 12.1 Å². The summed E-state index contributed by atoms with van der Waals surface area (Å²) in [6.07, 6.45) is -0.771. The van der Waals surface area contributed by atoms with Crippen LogP contribution in [0, 0.1) is 11.8 Å². The summed E-state index contributed by atoms with van der Waals surface area (Å²) in [5.41, 5.74) is 2.12. The van der Waals surface area contributed by atoms with Crippen molar-refractivity contribution in [1.29, 1.82) is 0 Å². The first kappa shape index (κ1) is 18.9. The van der Waals surface area contributed by atoms with Crippen LogP contribution in [0.1, 0.15) is 29.9 Å². The highest BCUT2D eigenvalue weighted by atomic mass is 35.5. The van der Waals surface area contributed by atoms with Gasteiger partial charge in [-0.25, -0.2) is 0 Å². The predicted octanol–water partition coefficient (Wildman–Crippen LogP) is 4.23. The number of H-pyrrole nitrogens is 1. The predicted molar refractivity (Wildman–Crippen MR) is 96.5 cm³/mol. The number of rotatable bonds is 3. The molecule has 1 amide bonds. The second kappa shape index (κ2) is 6.84. The molecule has 2 aromatic rings. The molecule has 2 aliphatic carbocycles. The van der Waals surface area contributed by atoms with Crippen LogP contribution < -0.4 is 15.6 Å². The van der Waals surface area contributed by atoms with Crippen LogP contribution in [0.15, 0.2) is 35.3 Å². The molecule has 5 nitrogen and oxygen atoms in total. The zero-order valence-corrected chi connectivity index (χ0v) is 15.2. The van der Waals surface area contributed by atoms with Gasteiger partial charge >= 0.3 is 6.36 Å². The Balaban J connectivity index is 1.52. The number of pyridine rings is 1. The number of alkyl halides is 3. The van der Waals surface area contributed by atoms with Crippen molar-refractivity contribution >= 4 is 23.2 Å². The molecule has 1 fully saturated rings. The van der Waals surface area contributed by atoms with Crippen LogP contribution in [0.25, 0.3) is 0 Å². The van der Waals surface area contributed by atoms with E-state index in [0.29, 0.717) is 12.1 Å². The Morgan fingerprint density at radius 3 is 2.75 bits per heavy atom. The van der Waals surface area contributed by atoms with Crippen LogP contribution in [-0.2, 0) is 11.2 Å². The van der Waals surface area contributed by atoms with Gasteiger partial charge in [0.15, 0.2) is 0 Å². The van der Waals surface area contributed by atoms with Gasteiger partial charge in [-0.1, -0.05) is 11.6 Å². The minimum atomic E-state index is -4.84. The molecule has 0 aliphatic heterocycles. The normalized spacial score (nSPS) is 23.2. The number of aromatic nitrogens is 1. The van der Waals surface area contributed by atoms with Crippen molar-refractivity contribution in [2.75, 3.05) is 5.32 Å². The molecule has 0 spiro atoms. The Kier molecular flexibility index (Phi) is 4.61. The lowest BCUT2D eigenvalue weighted by Crippen LogP contribution is -2.34. The third-order valence-corrected chi connectivity index (χ3v) is 5.74. The van der Waals surface area contributed by atoms with E-state index in [1.54, 1.807) is 12.3 Å². The molecular formula is C19H16ClF3N2O3. The van der Waals surface area contributed by atoms with Crippen molar-refractivity contribution in [2.24, 2.45) is 11.8 Å². The van der Waals surface area contributed by atoms with Gasteiger partial charge in [0.2, 0.25) is 11.5 Å². The average molecular weight is 413 g/mol. The molecular weight excluding hydrogens is 397 g/mol. The van der Waals surface area contributed by atoms with Crippen molar-refractivity contribution in [1.82, 2.24) is 4.98 Å². The highest BCUT2D eigenvalue weighted by Gasteiger charge is 2.46. The van der Waals surface area contributed by atoms with Crippen molar-refractivity contribution in [2.45, 2.75) is 31.5 Å². The number of amides is 1. The first-order chi connectivity index (χ1) is 13.2. The molecule has 1 unspecified atom stereocenters. The average Bonchev–Trinajstić information content (AvgIpc) is 2.91. The Morgan fingerprint density at radius 1 is 1.25 bits per heavy atom. The van der Waals surface area contributed by atoms with Gasteiger partial charge in [0.25, 0.3) is 0 Å². The van der Waals surface area contributed by atoms with Gasteiger partial charge < -0.3 is 15.0 Å². The molecule has 3 atom stereocenters. The SMILES string of the molecule is O=C(Nc1ccc(OC(F)(F)F)c(Cl)c1)C1[C@@H]2CC[C@@H]1c1c[nH]c(=O)cc1C2. The van der Waals surface area contributed by atoms with Gasteiger partial charge in [-0.2, -0.15) is 0 Å². The van der Waals surface area contributed by atoms with Crippen LogP contribution >= 0.6 is 11.6 Å². The summed E-state index contributed by atoms with van der Waals surface area (Å²) in [6, 6.07) is 5.21. The summed E-state index contributed by atoms with van der Waals surface area (Å²) < 4.78 is 40.9. The topological polar surface area (TPSA) is 71.2 Å². The molecule has 2 bridgehead atoms. The standard InChI is InChI=1S/C19H16ClF3N2O3/c20-14-7-11(2-4-15(14)28-19(21,22)23)25-18(27)17-9-1-3-12(17)13-8-24-16(26)6-10(13)5-9/h2,4,6-9,12,17H,1,3,5H2,(H,24,26)(H,25,27)/t9-,12-,17?/m1/s1. The second-order valence-corrected chi connectivity index (χ2v) is 7.54. The maximum absolute atomic E-state index is 12.9. The molecule has 0 radical (unpaired) electrons. The molecule has 2 aliphatic rings. The number of halogens is 4. The first-order valence-corrected chi connectivity index (χ1v) is 9.17. The summed E-state index contributed by atoms with van der Waals surface area (Å²) in [6.45, 7) is 0. The number of nitrogens with one attached hydrogen (secondary N) is 2. The van der Waals surface area contributed by atoms with Crippen LogP contribution in [0.3, 0.4) is 0 Å². The van der Waals surface area contributed by atoms with E-state index in [2.05, 4.69) is 15.0 Å². The molecule has 0 saturated heterocycles. The van der Waals surface area contributed by atoms with Crippen molar-refractivity contribution in [3.8, 4) is 5.75 Å². The molecule has 9 heteroatoms. The monoisotopic (exact) mass is 412 g/mol. The minimum Gasteiger partial charge on any atom is -0.404 e. The minimum absolute atomic E-state index is 0.00825. The maximum Gasteiger partial charge on any atom is 0.573 e. The second-order valence-electron chi connectivity index (χ2n) is 7.13. The van der Waals surface area contributed by atoms with Gasteiger partial charge in [0, 0.05) is 23.9 Å². The molecule has 1 aromatic carbocycles. The molecule has 1 heterocycles. The highest BCUT2D eigenvalue weighted by Crippen LogP contribution is 2.50. The molecule has 1 saturated carbocycles. The number of anilines is 1. The molecule has 2 N–H and O–H groups in total. The van der Waals surface area contributed by atoms with Gasteiger partial charge in [-0.15, -0.1) is 13.2 Å².